The number of sulfonamides is 1. The van der Waals surface area contributed by atoms with Crippen LogP contribution in [0.25, 0.3) is 0 Å². The van der Waals surface area contributed by atoms with Crippen molar-refractivity contribution < 1.29 is 18.0 Å². The van der Waals surface area contributed by atoms with Crippen LogP contribution in [0.2, 0.25) is 15.1 Å². The van der Waals surface area contributed by atoms with Crippen LogP contribution in [0.4, 0.5) is 5.69 Å². The number of aryl methyl sites for hydroxylation is 1. The predicted octanol–water partition coefficient (Wildman–Crippen LogP) is 5.59. The van der Waals surface area contributed by atoms with Crippen LogP contribution in [-0.4, -0.2) is 50.0 Å². The molecule has 1 aliphatic carbocycles. The number of carbonyl (C=O) groups excluding carboxylic acids is 2. The molecule has 11 heteroatoms. The Morgan fingerprint density at radius 3 is 2.27 bits per heavy atom. The third-order valence-electron chi connectivity index (χ3n) is 6.56. The lowest BCUT2D eigenvalue weighted by Gasteiger charge is -2.34. The van der Waals surface area contributed by atoms with E-state index in [0.717, 1.165) is 36.2 Å². The van der Waals surface area contributed by atoms with E-state index in [0.29, 0.717) is 38.3 Å². The van der Waals surface area contributed by atoms with Crippen LogP contribution < -0.4 is 9.62 Å². The lowest BCUT2D eigenvalue weighted by Crippen LogP contribution is -2.53. The van der Waals surface area contributed by atoms with Gasteiger partial charge < -0.3 is 10.2 Å². The Morgan fingerprint density at radius 1 is 1.05 bits per heavy atom. The lowest BCUT2D eigenvalue weighted by atomic mass is 10.1. The maximum Gasteiger partial charge on any atom is 0.244 e. The van der Waals surface area contributed by atoms with Gasteiger partial charge in [-0.2, -0.15) is 0 Å². The Labute approximate surface area is 234 Å². The number of nitrogens with zero attached hydrogens (tertiary/aromatic N) is 2. The van der Waals surface area contributed by atoms with Gasteiger partial charge in [-0.15, -0.1) is 0 Å². The number of carbonyl (C=O) groups is 2. The topological polar surface area (TPSA) is 86.8 Å². The van der Waals surface area contributed by atoms with Crippen LogP contribution >= 0.6 is 34.8 Å². The smallest absolute Gasteiger partial charge is 0.244 e. The second-order valence-electron chi connectivity index (χ2n) is 9.37. The van der Waals surface area contributed by atoms with Gasteiger partial charge in [0.2, 0.25) is 21.8 Å². The summed E-state index contributed by atoms with van der Waals surface area (Å²) in [5.41, 5.74) is 1.54. The zero-order chi connectivity index (χ0) is 27.3. The molecule has 1 N–H and O–H groups in total. The molecule has 3 rings (SSSR count). The molecule has 1 saturated carbocycles. The maximum atomic E-state index is 13.8. The van der Waals surface area contributed by atoms with Crippen LogP contribution in [0.5, 0.6) is 0 Å². The summed E-state index contributed by atoms with van der Waals surface area (Å²) >= 11 is 18.6. The average molecular weight is 589 g/mol. The first-order chi connectivity index (χ1) is 17.4. The van der Waals surface area contributed by atoms with E-state index in [2.05, 4.69) is 5.32 Å². The van der Waals surface area contributed by atoms with E-state index in [1.807, 2.05) is 6.92 Å². The number of hydrogen-bond acceptors (Lipinski definition) is 4. The minimum Gasteiger partial charge on any atom is -0.352 e. The molecule has 1 aliphatic rings. The summed E-state index contributed by atoms with van der Waals surface area (Å²) < 4.78 is 26.6. The highest BCUT2D eigenvalue weighted by atomic mass is 35.5. The Hall–Kier alpha value is -2.00. The fourth-order valence-electron chi connectivity index (χ4n) is 4.57. The summed E-state index contributed by atoms with van der Waals surface area (Å²) in [4.78, 5) is 28.6. The van der Waals surface area contributed by atoms with Gasteiger partial charge in [0.1, 0.15) is 12.6 Å². The number of benzene rings is 2. The fourth-order valence-corrected chi connectivity index (χ4v) is 6.10. The van der Waals surface area contributed by atoms with E-state index in [1.165, 1.54) is 11.0 Å². The lowest BCUT2D eigenvalue weighted by molar-refractivity contribution is -0.140. The molecule has 2 aromatic rings. The quantitative estimate of drug-likeness (QED) is 0.392. The highest BCUT2D eigenvalue weighted by molar-refractivity contribution is 7.92. The fraction of sp³-hybridized carbons (Fsp3) is 0.462. The first-order valence-electron chi connectivity index (χ1n) is 12.2. The predicted molar refractivity (Wildman–Crippen MR) is 150 cm³/mol. The van der Waals surface area contributed by atoms with Crippen molar-refractivity contribution in [3.63, 3.8) is 0 Å². The van der Waals surface area contributed by atoms with E-state index < -0.39 is 28.5 Å². The van der Waals surface area contributed by atoms with Crippen molar-refractivity contribution in [3.8, 4) is 0 Å². The summed E-state index contributed by atoms with van der Waals surface area (Å²) in [6.45, 7) is 3.07. The Morgan fingerprint density at radius 2 is 1.68 bits per heavy atom. The molecule has 0 unspecified atom stereocenters. The molecular formula is C26H32Cl3N3O4S. The van der Waals surface area contributed by atoms with Crippen LogP contribution in [0.15, 0.2) is 36.4 Å². The molecule has 0 heterocycles. The standard InChI is InChI=1S/C26H32Cl3N3O4S/c1-4-23(26(34)30-21-7-5-6-8-21)31(15-18-10-12-19(27)13-22(18)29)25(33)16-32(37(3,35)36)24-14-20(28)11-9-17(24)2/h9-14,21,23H,4-8,15-16H2,1-3H3,(H,30,34)/t23-/m1/s1. The molecule has 0 aromatic heterocycles. The van der Waals surface area contributed by atoms with E-state index in [-0.39, 0.29) is 18.5 Å². The molecule has 202 valence electrons. The van der Waals surface area contributed by atoms with E-state index >= 15 is 0 Å². The van der Waals surface area contributed by atoms with Crippen molar-refractivity contribution in [2.75, 3.05) is 17.1 Å². The van der Waals surface area contributed by atoms with Gasteiger partial charge in [0.05, 0.1) is 11.9 Å². The summed E-state index contributed by atoms with van der Waals surface area (Å²) in [5.74, 6) is -0.804. The third-order valence-corrected chi connectivity index (χ3v) is 8.51. The molecule has 0 saturated heterocycles. The molecule has 1 fully saturated rings. The summed E-state index contributed by atoms with van der Waals surface area (Å²) in [6.07, 6.45) is 5.26. The summed E-state index contributed by atoms with van der Waals surface area (Å²) in [6, 6.07) is 9.02. The van der Waals surface area contributed by atoms with E-state index in [9.17, 15) is 18.0 Å². The molecule has 2 amide bonds. The Bertz CT molecular complexity index is 1250. The van der Waals surface area contributed by atoms with Gasteiger partial charge in [-0.1, -0.05) is 66.7 Å². The average Bonchev–Trinajstić information content (AvgIpc) is 3.32. The van der Waals surface area contributed by atoms with Crippen molar-refractivity contribution >= 4 is 62.3 Å². The molecule has 0 aliphatic heterocycles. The number of nitrogens with one attached hydrogen (secondary N) is 1. The van der Waals surface area contributed by atoms with Gasteiger partial charge in [0, 0.05) is 27.7 Å². The number of amides is 2. The zero-order valence-corrected chi connectivity index (χ0v) is 24.2. The number of hydrogen-bond donors (Lipinski definition) is 1. The van der Waals surface area contributed by atoms with Crippen molar-refractivity contribution in [1.82, 2.24) is 10.2 Å². The minimum atomic E-state index is -3.86. The minimum absolute atomic E-state index is 0.0115. The zero-order valence-electron chi connectivity index (χ0n) is 21.1. The molecule has 0 spiro atoms. The highest BCUT2D eigenvalue weighted by Gasteiger charge is 2.33. The summed E-state index contributed by atoms with van der Waals surface area (Å²) in [5, 5.41) is 4.20. The first-order valence-corrected chi connectivity index (χ1v) is 15.2. The highest BCUT2D eigenvalue weighted by Crippen LogP contribution is 2.28. The van der Waals surface area contributed by atoms with Crippen LogP contribution in [-0.2, 0) is 26.2 Å². The van der Waals surface area contributed by atoms with Crippen LogP contribution in [0.1, 0.15) is 50.2 Å². The van der Waals surface area contributed by atoms with Crippen molar-refractivity contribution in [3.05, 3.63) is 62.6 Å². The van der Waals surface area contributed by atoms with Crippen molar-refractivity contribution in [1.29, 1.82) is 0 Å². The van der Waals surface area contributed by atoms with Crippen LogP contribution in [0.3, 0.4) is 0 Å². The first kappa shape index (κ1) is 29.6. The molecule has 7 nitrogen and oxygen atoms in total. The van der Waals surface area contributed by atoms with Gasteiger partial charge in [-0.05, 0) is 61.6 Å². The maximum absolute atomic E-state index is 13.8. The molecule has 1 atom stereocenters. The van der Waals surface area contributed by atoms with Gasteiger partial charge in [0.25, 0.3) is 0 Å². The SMILES string of the molecule is CC[C@H](C(=O)NC1CCCC1)N(Cc1ccc(Cl)cc1Cl)C(=O)CN(c1cc(Cl)ccc1C)S(C)(=O)=O. The number of rotatable bonds is 10. The third kappa shape index (κ3) is 7.76. The van der Waals surface area contributed by atoms with Crippen molar-refractivity contribution in [2.24, 2.45) is 0 Å². The largest absolute Gasteiger partial charge is 0.352 e. The van der Waals surface area contributed by atoms with Crippen molar-refractivity contribution in [2.45, 2.75) is 64.6 Å². The van der Waals surface area contributed by atoms with E-state index in [4.69, 9.17) is 34.8 Å². The second kappa shape index (κ2) is 12.7. The van der Waals surface area contributed by atoms with Gasteiger partial charge in [-0.3, -0.25) is 13.9 Å². The van der Waals surface area contributed by atoms with Crippen LogP contribution in [0, 0.1) is 6.92 Å². The summed E-state index contributed by atoms with van der Waals surface area (Å²) in [7, 11) is -3.86. The Kier molecular flexibility index (Phi) is 10.1. The second-order valence-corrected chi connectivity index (χ2v) is 12.6. The number of halogens is 3. The molecule has 2 aromatic carbocycles. The molecule has 37 heavy (non-hydrogen) atoms. The van der Waals surface area contributed by atoms with Gasteiger partial charge in [-0.25, -0.2) is 8.42 Å². The molecule has 0 bridgehead atoms. The molecular weight excluding hydrogens is 557 g/mol. The Balaban J connectivity index is 1.98. The van der Waals surface area contributed by atoms with Gasteiger partial charge in [0.15, 0.2) is 0 Å². The molecule has 0 radical (unpaired) electrons. The monoisotopic (exact) mass is 587 g/mol. The number of anilines is 1. The normalized spacial score (nSPS) is 14.9. The van der Waals surface area contributed by atoms with E-state index in [1.54, 1.807) is 37.3 Å². The van der Waals surface area contributed by atoms with Gasteiger partial charge >= 0.3 is 0 Å².